The van der Waals surface area contributed by atoms with E-state index in [1.165, 1.54) is 0 Å². The molecule has 1 aliphatic heterocycles. The van der Waals surface area contributed by atoms with E-state index in [-0.39, 0.29) is 12.5 Å². The quantitative estimate of drug-likeness (QED) is 0.228. The Morgan fingerprint density at radius 3 is 2.66 bits per heavy atom. The summed E-state index contributed by atoms with van der Waals surface area (Å²) in [5.74, 6) is 1.94. The van der Waals surface area contributed by atoms with Gasteiger partial charge in [-0.15, -0.1) is 6.58 Å². The summed E-state index contributed by atoms with van der Waals surface area (Å²) in [7, 11) is 3.14. The number of hydrogen-bond donors (Lipinski definition) is 3. The SMILES string of the molecule is C=CC[C@]1(C(=O)NNCc2cccc(OC)c2OC)N=C(c2ccc(OCCCO)cc2)O[C@H]1C. The van der Waals surface area contributed by atoms with Gasteiger partial charge in [-0.3, -0.25) is 10.2 Å². The van der Waals surface area contributed by atoms with Crippen LogP contribution in [-0.2, 0) is 16.1 Å². The van der Waals surface area contributed by atoms with Crippen molar-refractivity contribution in [1.82, 2.24) is 10.9 Å². The Bertz CT molecular complexity index is 1040. The molecule has 188 valence electrons. The maximum atomic E-state index is 13.3. The fourth-order valence-electron chi connectivity index (χ4n) is 3.82. The molecule has 2 aromatic rings. The predicted molar refractivity (Wildman–Crippen MR) is 133 cm³/mol. The first kappa shape index (κ1) is 26.1. The van der Waals surface area contributed by atoms with Gasteiger partial charge < -0.3 is 24.1 Å². The molecule has 0 aliphatic carbocycles. The van der Waals surface area contributed by atoms with Crippen LogP contribution in [0.2, 0.25) is 0 Å². The lowest BCUT2D eigenvalue weighted by molar-refractivity contribution is -0.129. The minimum absolute atomic E-state index is 0.0794. The number of hydrazine groups is 1. The van der Waals surface area contributed by atoms with E-state index in [2.05, 4.69) is 17.4 Å². The molecule has 9 heteroatoms. The molecule has 0 unspecified atom stereocenters. The number of benzene rings is 2. The molecule has 3 N–H and O–H groups in total. The Hall–Kier alpha value is -3.56. The fraction of sp³-hybridized carbons (Fsp3) is 0.385. The lowest BCUT2D eigenvalue weighted by Crippen LogP contribution is -2.54. The van der Waals surface area contributed by atoms with Crippen LogP contribution in [0, 0.1) is 0 Å². The third-order valence-corrected chi connectivity index (χ3v) is 5.75. The highest BCUT2D eigenvalue weighted by molar-refractivity contribution is 6.00. The van der Waals surface area contributed by atoms with Gasteiger partial charge in [0.2, 0.25) is 5.90 Å². The van der Waals surface area contributed by atoms with Crippen LogP contribution in [0.3, 0.4) is 0 Å². The Balaban J connectivity index is 1.72. The number of aliphatic imine (C=N–C) groups is 1. The molecule has 0 fully saturated rings. The minimum atomic E-state index is -1.17. The topological polar surface area (TPSA) is 111 Å². The molecular formula is C26H33N3O6. The third-order valence-electron chi connectivity index (χ3n) is 5.75. The molecule has 2 atom stereocenters. The van der Waals surface area contributed by atoms with E-state index in [0.29, 0.717) is 49.1 Å². The van der Waals surface area contributed by atoms with Gasteiger partial charge in [-0.1, -0.05) is 18.2 Å². The molecule has 1 aliphatic rings. The van der Waals surface area contributed by atoms with Gasteiger partial charge in [0.15, 0.2) is 17.0 Å². The second kappa shape index (κ2) is 12.2. The number of carbonyl (C=O) groups is 1. The molecule has 0 saturated carbocycles. The van der Waals surface area contributed by atoms with Gasteiger partial charge in [-0.25, -0.2) is 10.4 Å². The molecule has 0 aromatic heterocycles. The van der Waals surface area contributed by atoms with Gasteiger partial charge in [0, 0.05) is 37.1 Å². The van der Waals surface area contributed by atoms with Crippen LogP contribution < -0.4 is 25.1 Å². The van der Waals surface area contributed by atoms with Crippen LogP contribution in [0.15, 0.2) is 60.1 Å². The van der Waals surface area contributed by atoms with Crippen molar-refractivity contribution in [2.45, 2.75) is 38.0 Å². The second-order valence-corrected chi connectivity index (χ2v) is 8.00. The van der Waals surface area contributed by atoms with E-state index in [0.717, 1.165) is 11.1 Å². The Labute approximate surface area is 205 Å². The smallest absolute Gasteiger partial charge is 0.266 e. The van der Waals surface area contributed by atoms with Crippen LogP contribution in [0.1, 0.15) is 30.9 Å². The largest absolute Gasteiger partial charge is 0.494 e. The Morgan fingerprint density at radius 1 is 1.23 bits per heavy atom. The molecule has 1 amide bonds. The molecule has 1 heterocycles. The van der Waals surface area contributed by atoms with Gasteiger partial charge in [-0.05, 0) is 37.3 Å². The first-order chi connectivity index (χ1) is 17.0. The van der Waals surface area contributed by atoms with Gasteiger partial charge >= 0.3 is 0 Å². The monoisotopic (exact) mass is 483 g/mol. The fourth-order valence-corrected chi connectivity index (χ4v) is 3.82. The van der Waals surface area contributed by atoms with E-state index < -0.39 is 11.6 Å². The molecule has 0 spiro atoms. The Morgan fingerprint density at radius 2 is 2.00 bits per heavy atom. The van der Waals surface area contributed by atoms with Crippen molar-refractivity contribution in [3.63, 3.8) is 0 Å². The van der Waals surface area contributed by atoms with Crippen molar-refractivity contribution < 1.29 is 28.8 Å². The first-order valence-corrected chi connectivity index (χ1v) is 11.4. The van der Waals surface area contributed by atoms with Crippen molar-refractivity contribution >= 4 is 11.8 Å². The molecule has 3 rings (SSSR count). The van der Waals surface area contributed by atoms with Gasteiger partial charge in [0.1, 0.15) is 11.9 Å². The lowest BCUT2D eigenvalue weighted by Gasteiger charge is -2.27. The van der Waals surface area contributed by atoms with Crippen LogP contribution in [0.4, 0.5) is 0 Å². The highest BCUT2D eigenvalue weighted by Gasteiger charge is 2.49. The first-order valence-electron chi connectivity index (χ1n) is 11.4. The molecule has 0 radical (unpaired) electrons. The van der Waals surface area contributed by atoms with Crippen LogP contribution in [0.25, 0.3) is 0 Å². The van der Waals surface area contributed by atoms with Crippen molar-refractivity contribution in [2.24, 2.45) is 4.99 Å². The van der Waals surface area contributed by atoms with Crippen molar-refractivity contribution in [2.75, 3.05) is 27.4 Å². The number of rotatable bonds is 13. The number of methoxy groups -OCH3 is 2. The summed E-state index contributed by atoms with van der Waals surface area (Å²) in [6, 6.07) is 12.8. The molecule has 0 bridgehead atoms. The van der Waals surface area contributed by atoms with Crippen molar-refractivity contribution in [3.8, 4) is 17.2 Å². The Kier molecular flexibility index (Phi) is 9.11. The maximum absolute atomic E-state index is 13.3. The average molecular weight is 484 g/mol. The van der Waals surface area contributed by atoms with E-state index in [1.54, 1.807) is 32.4 Å². The highest BCUT2D eigenvalue weighted by Crippen LogP contribution is 2.33. The standard InChI is InChI=1S/C26H33N3O6/c1-5-14-26(25(31)29-27-17-20-8-6-9-22(32-3)23(20)33-4)18(2)35-24(28-26)19-10-12-21(13-11-19)34-16-7-15-30/h5-6,8-13,18,27,30H,1,7,14-17H2,2-4H3,(H,29,31)/t18-,26-/m0/s1. The van der Waals surface area contributed by atoms with Gasteiger partial charge in [0.25, 0.3) is 5.91 Å². The zero-order valence-electron chi connectivity index (χ0n) is 20.4. The highest BCUT2D eigenvalue weighted by atomic mass is 16.5. The normalized spacial score (nSPS) is 18.9. The predicted octanol–water partition coefficient (Wildman–Crippen LogP) is 2.77. The van der Waals surface area contributed by atoms with Gasteiger partial charge in [0.05, 0.1) is 20.8 Å². The summed E-state index contributed by atoms with van der Waals surface area (Å²) in [5, 5.41) is 8.88. The lowest BCUT2D eigenvalue weighted by atomic mass is 9.90. The summed E-state index contributed by atoms with van der Waals surface area (Å²) in [4.78, 5) is 18.0. The second-order valence-electron chi connectivity index (χ2n) is 8.00. The number of hydrogen-bond acceptors (Lipinski definition) is 8. The van der Waals surface area contributed by atoms with Crippen LogP contribution >= 0.6 is 0 Å². The number of aliphatic hydroxyl groups excluding tert-OH is 1. The molecule has 0 saturated heterocycles. The number of para-hydroxylation sites is 1. The average Bonchev–Trinajstić information content (AvgIpc) is 3.21. The minimum Gasteiger partial charge on any atom is -0.494 e. The number of ether oxygens (including phenoxy) is 4. The van der Waals surface area contributed by atoms with Crippen molar-refractivity contribution in [1.29, 1.82) is 0 Å². The summed E-state index contributed by atoms with van der Waals surface area (Å²) >= 11 is 0. The molecule has 2 aromatic carbocycles. The van der Waals surface area contributed by atoms with Gasteiger partial charge in [-0.2, -0.15) is 0 Å². The summed E-state index contributed by atoms with van der Waals surface area (Å²) in [6.07, 6.45) is 2.02. The number of carbonyl (C=O) groups excluding carboxylic acids is 1. The van der Waals surface area contributed by atoms with E-state index in [1.807, 2.05) is 37.3 Å². The van der Waals surface area contributed by atoms with E-state index >= 15 is 0 Å². The molecule has 35 heavy (non-hydrogen) atoms. The third kappa shape index (κ3) is 5.93. The number of amides is 1. The number of aliphatic hydroxyl groups is 1. The summed E-state index contributed by atoms with van der Waals surface area (Å²) in [6.45, 7) is 6.46. The van der Waals surface area contributed by atoms with Crippen LogP contribution in [0.5, 0.6) is 17.2 Å². The molecule has 9 nitrogen and oxygen atoms in total. The number of nitrogens with one attached hydrogen (secondary N) is 2. The summed E-state index contributed by atoms with van der Waals surface area (Å²) in [5.41, 5.74) is 6.13. The van der Waals surface area contributed by atoms with Crippen LogP contribution in [-0.4, -0.2) is 56.0 Å². The van der Waals surface area contributed by atoms with E-state index in [4.69, 9.17) is 29.0 Å². The number of nitrogens with zero attached hydrogens (tertiary/aromatic N) is 1. The zero-order valence-corrected chi connectivity index (χ0v) is 20.4. The van der Waals surface area contributed by atoms with E-state index in [9.17, 15) is 4.79 Å². The van der Waals surface area contributed by atoms with Crippen molar-refractivity contribution in [3.05, 3.63) is 66.2 Å². The summed E-state index contributed by atoms with van der Waals surface area (Å²) < 4.78 is 22.4. The zero-order chi connectivity index (χ0) is 25.3. The maximum Gasteiger partial charge on any atom is 0.266 e. The molecular weight excluding hydrogens is 450 g/mol.